The van der Waals surface area contributed by atoms with Gasteiger partial charge in [-0.2, -0.15) is 4.98 Å². The van der Waals surface area contributed by atoms with Crippen LogP contribution < -0.4 is 5.69 Å². The van der Waals surface area contributed by atoms with Crippen molar-refractivity contribution in [2.24, 2.45) is 0 Å². The number of pyridine rings is 1. The zero-order valence-electron chi connectivity index (χ0n) is 10.7. The molecular formula is C13H9N5O2S. The lowest BCUT2D eigenvalue weighted by molar-refractivity contribution is 0.419. The van der Waals surface area contributed by atoms with Crippen molar-refractivity contribution in [2.75, 3.05) is 0 Å². The van der Waals surface area contributed by atoms with Crippen molar-refractivity contribution in [2.45, 2.75) is 6.54 Å². The molecule has 104 valence electrons. The third kappa shape index (κ3) is 2.05. The molecule has 0 aliphatic heterocycles. The van der Waals surface area contributed by atoms with Crippen LogP contribution in [0, 0.1) is 0 Å². The van der Waals surface area contributed by atoms with Gasteiger partial charge in [0.05, 0.1) is 4.88 Å². The first-order valence-corrected chi connectivity index (χ1v) is 7.10. The average Bonchev–Trinajstić information content (AvgIpc) is 3.21. The van der Waals surface area contributed by atoms with E-state index < -0.39 is 0 Å². The summed E-state index contributed by atoms with van der Waals surface area (Å²) in [5, 5.41) is 10.1. The molecule has 7 nitrogen and oxygen atoms in total. The highest BCUT2D eigenvalue weighted by Crippen LogP contribution is 2.22. The minimum absolute atomic E-state index is 0.176. The molecular weight excluding hydrogens is 290 g/mol. The van der Waals surface area contributed by atoms with Crippen LogP contribution in [0.25, 0.3) is 16.4 Å². The van der Waals surface area contributed by atoms with E-state index in [0.29, 0.717) is 17.4 Å². The minimum Gasteiger partial charge on any atom is -0.333 e. The van der Waals surface area contributed by atoms with E-state index in [1.165, 1.54) is 20.4 Å². The van der Waals surface area contributed by atoms with E-state index in [9.17, 15) is 4.79 Å². The van der Waals surface area contributed by atoms with E-state index in [1.807, 2.05) is 23.6 Å². The van der Waals surface area contributed by atoms with Crippen LogP contribution in [0.4, 0.5) is 0 Å². The summed E-state index contributed by atoms with van der Waals surface area (Å²) in [7, 11) is 0. The second kappa shape index (κ2) is 4.67. The van der Waals surface area contributed by atoms with Crippen LogP contribution in [0.5, 0.6) is 0 Å². The maximum Gasteiger partial charge on any atom is 0.350 e. The van der Waals surface area contributed by atoms with Crippen LogP contribution in [0.3, 0.4) is 0 Å². The molecule has 0 radical (unpaired) electrons. The molecule has 4 aromatic rings. The Bertz CT molecular complexity index is 950. The van der Waals surface area contributed by atoms with Crippen molar-refractivity contribution in [3.63, 3.8) is 0 Å². The van der Waals surface area contributed by atoms with Gasteiger partial charge in [-0.1, -0.05) is 17.3 Å². The molecule has 0 aliphatic rings. The maximum atomic E-state index is 12.1. The van der Waals surface area contributed by atoms with E-state index in [-0.39, 0.29) is 12.2 Å². The normalized spacial score (nSPS) is 11.2. The Hall–Kier alpha value is -2.74. The lowest BCUT2D eigenvalue weighted by atomic mass is 10.5. The van der Waals surface area contributed by atoms with Crippen LogP contribution in [0.1, 0.15) is 5.82 Å². The van der Waals surface area contributed by atoms with Gasteiger partial charge in [0.2, 0.25) is 0 Å². The summed E-state index contributed by atoms with van der Waals surface area (Å²) in [5.41, 5.74) is 0.359. The molecule has 0 spiro atoms. The summed E-state index contributed by atoms with van der Waals surface area (Å²) < 4.78 is 7.98. The molecule has 0 bridgehead atoms. The van der Waals surface area contributed by atoms with Crippen molar-refractivity contribution < 1.29 is 4.52 Å². The van der Waals surface area contributed by atoms with Gasteiger partial charge in [-0.25, -0.2) is 9.48 Å². The van der Waals surface area contributed by atoms with E-state index in [4.69, 9.17) is 4.52 Å². The molecule has 0 aromatic carbocycles. The molecule has 0 atom stereocenters. The predicted octanol–water partition coefficient (Wildman–Crippen LogP) is 1.66. The van der Waals surface area contributed by atoms with Gasteiger partial charge in [0, 0.05) is 6.20 Å². The summed E-state index contributed by atoms with van der Waals surface area (Å²) in [6.45, 7) is 0.176. The van der Waals surface area contributed by atoms with Crippen molar-refractivity contribution in [3.05, 3.63) is 58.2 Å². The topological polar surface area (TPSA) is 78.2 Å². The Balaban J connectivity index is 1.69. The van der Waals surface area contributed by atoms with Crippen LogP contribution in [-0.4, -0.2) is 24.3 Å². The number of nitrogens with zero attached hydrogens (tertiary/aromatic N) is 5. The first kappa shape index (κ1) is 12.0. The minimum atomic E-state index is -0.229. The van der Waals surface area contributed by atoms with Crippen LogP contribution in [-0.2, 0) is 6.54 Å². The molecule has 0 N–H and O–H groups in total. The van der Waals surface area contributed by atoms with Crippen molar-refractivity contribution in [3.8, 4) is 10.8 Å². The first-order chi connectivity index (χ1) is 10.3. The smallest absolute Gasteiger partial charge is 0.333 e. The Morgan fingerprint density at radius 1 is 1.24 bits per heavy atom. The van der Waals surface area contributed by atoms with Gasteiger partial charge in [-0.05, 0) is 23.6 Å². The molecule has 4 rings (SSSR count). The summed E-state index contributed by atoms with van der Waals surface area (Å²) in [6, 6.07) is 9.19. The SMILES string of the molecule is O=c1n(Cc2noc(-c3cccs3)n2)nc2ccccn12. The number of hydrogen-bond acceptors (Lipinski definition) is 6. The van der Waals surface area contributed by atoms with E-state index in [1.54, 1.807) is 18.3 Å². The third-order valence-electron chi connectivity index (χ3n) is 2.98. The van der Waals surface area contributed by atoms with Crippen LogP contribution in [0.15, 0.2) is 51.2 Å². The second-order valence-corrected chi connectivity index (χ2v) is 5.31. The molecule has 21 heavy (non-hydrogen) atoms. The first-order valence-electron chi connectivity index (χ1n) is 6.22. The summed E-state index contributed by atoms with van der Waals surface area (Å²) in [6.07, 6.45) is 1.68. The van der Waals surface area contributed by atoms with Crippen molar-refractivity contribution >= 4 is 17.0 Å². The molecule has 0 aliphatic carbocycles. The fraction of sp³-hybridized carbons (Fsp3) is 0.0769. The Morgan fingerprint density at radius 2 is 2.19 bits per heavy atom. The fourth-order valence-corrected chi connectivity index (χ4v) is 2.67. The Labute approximate surface area is 122 Å². The number of hydrogen-bond donors (Lipinski definition) is 0. The average molecular weight is 299 g/mol. The number of aromatic nitrogens is 5. The lowest BCUT2D eigenvalue weighted by Crippen LogP contribution is -2.22. The van der Waals surface area contributed by atoms with Gasteiger partial charge in [0.15, 0.2) is 11.5 Å². The zero-order chi connectivity index (χ0) is 14.2. The lowest BCUT2D eigenvalue weighted by Gasteiger charge is -1.91. The van der Waals surface area contributed by atoms with Gasteiger partial charge < -0.3 is 4.52 Å². The van der Waals surface area contributed by atoms with Gasteiger partial charge in [-0.15, -0.1) is 16.4 Å². The van der Waals surface area contributed by atoms with E-state index in [2.05, 4.69) is 15.2 Å². The maximum absolute atomic E-state index is 12.1. The van der Waals surface area contributed by atoms with Crippen LogP contribution >= 0.6 is 11.3 Å². The summed E-state index contributed by atoms with van der Waals surface area (Å²) in [4.78, 5) is 17.3. The van der Waals surface area contributed by atoms with E-state index >= 15 is 0 Å². The van der Waals surface area contributed by atoms with Gasteiger partial charge >= 0.3 is 5.69 Å². The second-order valence-electron chi connectivity index (χ2n) is 4.36. The van der Waals surface area contributed by atoms with Crippen molar-refractivity contribution in [1.82, 2.24) is 24.3 Å². The Kier molecular flexibility index (Phi) is 2.68. The summed E-state index contributed by atoms with van der Waals surface area (Å²) >= 11 is 1.52. The van der Waals surface area contributed by atoms with Gasteiger partial charge in [0.25, 0.3) is 5.89 Å². The number of rotatable bonds is 3. The largest absolute Gasteiger partial charge is 0.350 e. The highest BCUT2D eigenvalue weighted by molar-refractivity contribution is 7.13. The monoisotopic (exact) mass is 299 g/mol. The van der Waals surface area contributed by atoms with Gasteiger partial charge in [-0.3, -0.25) is 4.40 Å². The molecule has 0 amide bonds. The number of thiophene rings is 1. The Morgan fingerprint density at radius 3 is 3.00 bits per heavy atom. The third-order valence-corrected chi connectivity index (χ3v) is 3.84. The molecule has 0 unspecified atom stereocenters. The number of fused-ring (bicyclic) bond motifs is 1. The standard InChI is InChI=1S/C13H9N5O2S/c19-13-17-6-2-1-5-11(17)15-18(13)8-10-14-12(20-16-10)9-4-3-7-21-9/h1-7H,8H2. The highest BCUT2D eigenvalue weighted by Gasteiger charge is 2.13. The van der Waals surface area contributed by atoms with Crippen molar-refractivity contribution in [1.29, 1.82) is 0 Å². The highest BCUT2D eigenvalue weighted by atomic mass is 32.1. The van der Waals surface area contributed by atoms with Crippen LogP contribution in [0.2, 0.25) is 0 Å². The predicted molar refractivity (Wildman–Crippen MR) is 76.2 cm³/mol. The molecule has 0 saturated carbocycles. The van der Waals surface area contributed by atoms with E-state index in [0.717, 1.165) is 4.88 Å². The molecule has 8 heteroatoms. The zero-order valence-corrected chi connectivity index (χ0v) is 11.5. The summed E-state index contributed by atoms with van der Waals surface area (Å²) in [5.74, 6) is 0.876. The quantitative estimate of drug-likeness (QED) is 0.575. The molecule has 0 fully saturated rings. The fourth-order valence-electron chi connectivity index (χ4n) is 2.02. The molecule has 4 aromatic heterocycles. The van der Waals surface area contributed by atoms with Gasteiger partial charge in [0.1, 0.15) is 6.54 Å². The molecule has 4 heterocycles. The molecule has 0 saturated heterocycles.